The van der Waals surface area contributed by atoms with E-state index >= 15 is 0 Å². The number of hydrogen-bond acceptors (Lipinski definition) is 4. The van der Waals surface area contributed by atoms with E-state index in [1.807, 2.05) is 19.1 Å². The highest BCUT2D eigenvalue weighted by molar-refractivity contribution is 6.30. The molecule has 2 atom stereocenters. The maximum absolute atomic E-state index is 11.9. The average Bonchev–Trinajstić information content (AvgIpc) is 2.96. The van der Waals surface area contributed by atoms with Crippen molar-refractivity contribution in [1.29, 1.82) is 0 Å². The van der Waals surface area contributed by atoms with Crippen molar-refractivity contribution in [1.82, 2.24) is 10.8 Å². The number of amides is 2. The van der Waals surface area contributed by atoms with Gasteiger partial charge < -0.3 is 10.2 Å². The van der Waals surface area contributed by atoms with E-state index in [1.165, 1.54) is 0 Å². The fourth-order valence-corrected chi connectivity index (χ4v) is 3.13. The smallest absolute Gasteiger partial charge is 0.274 e. The van der Waals surface area contributed by atoms with E-state index in [4.69, 9.17) is 16.8 Å². The van der Waals surface area contributed by atoms with Crippen LogP contribution < -0.4 is 15.7 Å². The van der Waals surface area contributed by atoms with Crippen molar-refractivity contribution in [3.05, 3.63) is 59.1 Å². The molecule has 3 N–H and O–H groups in total. The van der Waals surface area contributed by atoms with Crippen LogP contribution in [0.2, 0.25) is 5.02 Å². The monoisotopic (exact) mass is 359 g/mol. The molecular formula is C18H18ClN3O3. The Hall–Kier alpha value is -2.57. The molecule has 25 heavy (non-hydrogen) atoms. The SMILES string of the molecule is CC1C(=O)NCC1N(c1ccc(Cl)cc1)c1ccc(C(=O)NO)cc1. The number of halogens is 1. The molecule has 7 heteroatoms. The summed E-state index contributed by atoms with van der Waals surface area (Å²) in [4.78, 5) is 25.5. The number of rotatable bonds is 4. The lowest BCUT2D eigenvalue weighted by atomic mass is 10.0. The van der Waals surface area contributed by atoms with Crippen LogP contribution in [0.15, 0.2) is 48.5 Å². The van der Waals surface area contributed by atoms with Crippen molar-refractivity contribution in [2.75, 3.05) is 11.4 Å². The molecule has 0 aliphatic carbocycles. The van der Waals surface area contributed by atoms with Crippen molar-refractivity contribution in [3.8, 4) is 0 Å². The second-order valence-corrected chi connectivity index (χ2v) is 6.37. The molecule has 1 aliphatic rings. The van der Waals surface area contributed by atoms with Crippen LogP contribution in [0, 0.1) is 5.92 Å². The molecule has 130 valence electrons. The number of hydrogen-bond donors (Lipinski definition) is 3. The van der Waals surface area contributed by atoms with Crippen molar-refractivity contribution >= 4 is 34.8 Å². The van der Waals surface area contributed by atoms with Gasteiger partial charge >= 0.3 is 0 Å². The molecule has 1 heterocycles. The quantitative estimate of drug-likeness (QED) is 0.579. The summed E-state index contributed by atoms with van der Waals surface area (Å²) in [6.45, 7) is 2.42. The van der Waals surface area contributed by atoms with Crippen LogP contribution >= 0.6 is 11.6 Å². The van der Waals surface area contributed by atoms with Crippen LogP contribution in [0.3, 0.4) is 0 Å². The second-order valence-electron chi connectivity index (χ2n) is 5.94. The molecule has 2 unspecified atom stereocenters. The predicted octanol–water partition coefficient (Wildman–Crippen LogP) is 2.73. The van der Waals surface area contributed by atoms with Gasteiger partial charge in [0.05, 0.1) is 12.0 Å². The molecule has 2 amide bonds. The third-order valence-electron chi connectivity index (χ3n) is 4.42. The number of carbonyl (C=O) groups is 2. The minimum atomic E-state index is -0.573. The standard InChI is InChI=1S/C18H18ClN3O3/c1-11-16(10-20-17(11)23)22(15-8-4-13(19)5-9-15)14-6-2-12(3-7-14)18(24)21-25/h2-9,11,16,25H,10H2,1H3,(H,20,23)(H,21,24). The van der Waals surface area contributed by atoms with Crippen molar-refractivity contribution < 1.29 is 14.8 Å². The summed E-state index contributed by atoms with van der Waals surface area (Å²) >= 11 is 5.99. The lowest BCUT2D eigenvalue weighted by molar-refractivity contribution is -0.122. The molecule has 0 saturated carbocycles. The Balaban J connectivity index is 2.00. The number of hydroxylamine groups is 1. The van der Waals surface area contributed by atoms with Gasteiger partial charge in [0.25, 0.3) is 5.91 Å². The highest BCUT2D eigenvalue weighted by Crippen LogP contribution is 2.33. The van der Waals surface area contributed by atoms with Gasteiger partial charge in [-0.15, -0.1) is 0 Å². The first-order chi connectivity index (χ1) is 12.0. The summed E-state index contributed by atoms with van der Waals surface area (Å²) in [6.07, 6.45) is 0. The molecule has 0 aromatic heterocycles. The number of nitrogens with zero attached hydrogens (tertiary/aromatic N) is 1. The lowest BCUT2D eigenvalue weighted by Gasteiger charge is -2.32. The summed E-state index contributed by atoms with van der Waals surface area (Å²) in [7, 11) is 0. The Morgan fingerprint density at radius 1 is 1.16 bits per heavy atom. The third-order valence-corrected chi connectivity index (χ3v) is 4.67. The highest BCUT2D eigenvalue weighted by Gasteiger charge is 2.36. The summed E-state index contributed by atoms with van der Waals surface area (Å²) in [5.74, 6) is -0.744. The molecule has 0 spiro atoms. The van der Waals surface area contributed by atoms with Crippen molar-refractivity contribution in [3.63, 3.8) is 0 Å². The van der Waals surface area contributed by atoms with E-state index in [0.29, 0.717) is 17.1 Å². The fraction of sp³-hybridized carbons (Fsp3) is 0.222. The predicted molar refractivity (Wildman–Crippen MR) is 95.2 cm³/mol. The van der Waals surface area contributed by atoms with Crippen molar-refractivity contribution in [2.24, 2.45) is 5.92 Å². The van der Waals surface area contributed by atoms with Crippen molar-refractivity contribution in [2.45, 2.75) is 13.0 Å². The topological polar surface area (TPSA) is 81.7 Å². The summed E-state index contributed by atoms with van der Waals surface area (Å²) in [5, 5.41) is 12.3. The van der Waals surface area contributed by atoms with Gasteiger partial charge in [0.2, 0.25) is 5.91 Å². The van der Waals surface area contributed by atoms with E-state index in [1.54, 1.807) is 41.9 Å². The zero-order valence-electron chi connectivity index (χ0n) is 13.6. The molecule has 3 rings (SSSR count). The molecule has 1 fully saturated rings. The van der Waals surface area contributed by atoms with Crippen LogP contribution in [-0.2, 0) is 4.79 Å². The van der Waals surface area contributed by atoms with E-state index in [2.05, 4.69) is 10.2 Å². The molecule has 2 aromatic carbocycles. The summed E-state index contributed by atoms with van der Waals surface area (Å²) in [5.41, 5.74) is 3.70. The first-order valence-corrected chi connectivity index (χ1v) is 8.26. The number of benzene rings is 2. The fourth-order valence-electron chi connectivity index (χ4n) is 3.00. The average molecular weight is 360 g/mol. The second kappa shape index (κ2) is 7.13. The van der Waals surface area contributed by atoms with E-state index in [0.717, 1.165) is 11.4 Å². The summed E-state index contributed by atoms with van der Waals surface area (Å²) in [6, 6.07) is 14.1. The van der Waals surface area contributed by atoms with Gasteiger partial charge in [-0.05, 0) is 48.5 Å². The largest absolute Gasteiger partial charge is 0.354 e. The first kappa shape index (κ1) is 17.3. The van der Waals surface area contributed by atoms with Crippen LogP contribution in [0.4, 0.5) is 11.4 Å². The zero-order valence-corrected chi connectivity index (χ0v) is 14.3. The highest BCUT2D eigenvalue weighted by atomic mass is 35.5. The normalized spacial score (nSPS) is 19.4. The zero-order chi connectivity index (χ0) is 18.0. The molecule has 0 radical (unpaired) electrons. The number of carbonyl (C=O) groups excluding carboxylic acids is 2. The maximum atomic E-state index is 11.9. The molecule has 0 bridgehead atoms. The Morgan fingerprint density at radius 2 is 1.72 bits per heavy atom. The van der Waals surface area contributed by atoms with E-state index in [-0.39, 0.29) is 17.9 Å². The Morgan fingerprint density at radius 3 is 2.20 bits per heavy atom. The van der Waals surface area contributed by atoms with Gasteiger partial charge in [0, 0.05) is 28.5 Å². The Kier molecular flexibility index (Phi) is 4.92. The molecular weight excluding hydrogens is 342 g/mol. The molecule has 1 saturated heterocycles. The maximum Gasteiger partial charge on any atom is 0.274 e. The molecule has 2 aromatic rings. The van der Waals surface area contributed by atoms with Crippen LogP contribution in [-0.4, -0.2) is 29.6 Å². The van der Waals surface area contributed by atoms with Gasteiger partial charge in [0.15, 0.2) is 0 Å². The molecule has 6 nitrogen and oxygen atoms in total. The van der Waals surface area contributed by atoms with Gasteiger partial charge in [0.1, 0.15) is 0 Å². The van der Waals surface area contributed by atoms with E-state index < -0.39 is 5.91 Å². The number of anilines is 2. The Bertz CT molecular complexity index is 777. The van der Waals surface area contributed by atoms with Crippen LogP contribution in [0.1, 0.15) is 17.3 Å². The van der Waals surface area contributed by atoms with Crippen LogP contribution in [0.25, 0.3) is 0 Å². The van der Waals surface area contributed by atoms with Gasteiger partial charge in [-0.25, -0.2) is 5.48 Å². The van der Waals surface area contributed by atoms with Gasteiger partial charge in [-0.3, -0.25) is 14.8 Å². The van der Waals surface area contributed by atoms with Gasteiger partial charge in [-0.1, -0.05) is 18.5 Å². The van der Waals surface area contributed by atoms with Crippen LogP contribution in [0.5, 0.6) is 0 Å². The third kappa shape index (κ3) is 3.45. The lowest BCUT2D eigenvalue weighted by Crippen LogP contribution is -2.37. The first-order valence-electron chi connectivity index (χ1n) is 7.88. The van der Waals surface area contributed by atoms with E-state index in [9.17, 15) is 9.59 Å². The Labute approximate surface area is 150 Å². The minimum absolute atomic E-state index is 0.0141. The molecule has 1 aliphatic heterocycles. The minimum Gasteiger partial charge on any atom is -0.354 e. The number of nitrogens with one attached hydrogen (secondary N) is 2. The van der Waals surface area contributed by atoms with Gasteiger partial charge in [-0.2, -0.15) is 0 Å². The summed E-state index contributed by atoms with van der Waals surface area (Å²) < 4.78 is 0.